The Morgan fingerprint density at radius 3 is 2.68 bits per heavy atom. The average molecular weight is 305 g/mol. The van der Waals surface area contributed by atoms with Gasteiger partial charge in [-0.15, -0.1) is 0 Å². The fraction of sp³-hybridized carbons (Fsp3) is 0.200. The third-order valence-corrected chi connectivity index (χ3v) is 3.07. The van der Waals surface area contributed by atoms with Gasteiger partial charge in [0.2, 0.25) is 0 Å². The summed E-state index contributed by atoms with van der Waals surface area (Å²) in [6.07, 6.45) is 0.836. The lowest BCUT2D eigenvalue weighted by Gasteiger charge is -2.13. The van der Waals surface area contributed by atoms with Crippen molar-refractivity contribution in [2.24, 2.45) is 7.05 Å². The topological polar surface area (TPSA) is 83.4 Å². The molecule has 1 atom stereocenters. The van der Waals surface area contributed by atoms with Crippen LogP contribution in [0.2, 0.25) is 0 Å². The number of amides is 2. The predicted octanol–water partition coefficient (Wildman–Crippen LogP) is 0.952. The van der Waals surface area contributed by atoms with Crippen LogP contribution in [0.4, 0.5) is 10.1 Å². The van der Waals surface area contributed by atoms with Gasteiger partial charge in [-0.05, 0) is 30.3 Å². The molecule has 22 heavy (non-hydrogen) atoms. The molecule has 0 aliphatic rings. The van der Waals surface area contributed by atoms with Crippen LogP contribution < -0.4 is 10.6 Å². The van der Waals surface area contributed by atoms with E-state index in [4.69, 9.17) is 0 Å². The van der Waals surface area contributed by atoms with Crippen molar-refractivity contribution in [3.05, 3.63) is 54.1 Å². The summed E-state index contributed by atoms with van der Waals surface area (Å²) in [7, 11) is 1.76. The number of halogens is 1. The molecule has 0 bridgehead atoms. The standard InChI is InChI=1S/C15H16FN3O3/c1-19-7-3-6-12(19)13(20)9-17-14(21)15(22)18-11-5-2-4-10(16)8-11/h2-8,13,20H,9H2,1H3,(H,17,21)(H,18,22). The molecule has 1 unspecified atom stereocenters. The summed E-state index contributed by atoms with van der Waals surface area (Å²) in [5.74, 6) is -2.35. The highest BCUT2D eigenvalue weighted by Crippen LogP contribution is 2.11. The Morgan fingerprint density at radius 2 is 2.05 bits per heavy atom. The van der Waals surface area contributed by atoms with Gasteiger partial charge in [-0.3, -0.25) is 9.59 Å². The SMILES string of the molecule is Cn1cccc1C(O)CNC(=O)C(=O)Nc1cccc(F)c1. The number of aromatic nitrogens is 1. The predicted molar refractivity (Wildman–Crippen MR) is 78.4 cm³/mol. The number of carbonyl (C=O) groups excluding carboxylic acids is 2. The Hall–Kier alpha value is -2.67. The lowest BCUT2D eigenvalue weighted by Crippen LogP contribution is -2.37. The first-order valence-corrected chi connectivity index (χ1v) is 6.61. The van der Waals surface area contributed by atoms with Crippen molar-refractivity contribution >= 4 is 17.5 Å². The van der Waals surface area contributed by atoms with Gasteiger partial charge in [0.15, 0.2) is 0 Å². The highest BCUT2D eigenvalue weighted by Gasteiger charge is 2.17. The molecule has 1 aromatic carbocycles. The summed E-state index contributed by atoms with van der Waals surface area (Å²) >= 11 is 0. The number of rotatable bonds is 4. The first kappa shape index (κ1) is 15.7. The van der Waals surface area contributed by atoms with Gasteiger partial charge in [-0.1, -0.05) is 6.07 Å². The minimum atomic E-state index is -0.926. The van der Waals surface area contributed by atoms with Gasteiger partial charge in [0.25, 0.3) is 0 Å². The molecule has 1 heterocycles. The smallest absolute Gasteiger partial charge is 0.313 e. The van der Waals surface area contributed by atoms with Crippen LogP contribution >= 0.6 is 0 Å². The molecule has 0 aliphatic carbocycles. The molecule has 0 aliphatic heterocycles. The van der Waals surface area contributed by atoms with E-state index in [1.165, 1.54) is 18.2 Å². The van der Waals surface area contributed by atoms with Crippen LogP contribution in [0.3, 0.4) is 0 Å². The van der Waals surface area contributed by atoms with Gasteiger partial charge in [0, 0.05) is 31.2 Å². The van der Waals surface area contributed by atoms with Crippen LogP contribution in [0.1, 0.15) is 11.8 Å². The molecule has 2 amide bonds. The molecule has 2 aromatic rings. The van der Waals surface area contributed by atoms with Gasteiger partial charge in [-0.25, -0.2) is 4.39 Å². The molecule has 1 aromatic heterocycles. The highest BCUT2D eigenvalue weighted by atomic mass is 19.1. The molecule has 6 nitrogen and oxygen atoms in total. The molecule has 116 valence electrons. The second-order valence-electron chi connectivity index (χ2n) is 4.73. The number of anilines is 1. The molecule has 0 saturated heterocycles. The normalized spacial score (nSPS) is 11.8. The van der Waals surface area contributed by atoms with Gasteiger partial charge < -0.3 is 20.3 Å². The van der Waals surface area contributed by atoms with E-state index in [-0.39, 0.29) is 12.2 Å². The summed E-state index contributed by atoms with van der Waals surface area (Å²) in [6, 6.07) is 8.69. The van der Waals surface area contributed by atoms with E-state index in [1.807, 2.05) is 0 Å². The lowest BCUT2D eigenvalue weighted by molar-refractivity contribution is -0.136. The van der Waals surface area contributed by atoms with Crippen molar-refractivity contribution in [3.8, 4) is 0 Å². The zero-order valence-electron chi connectivity index (χ0n) is 11.9. The molecular formula is C15H16FN3O3. The first-order valence-electron chi connectivity index (χ1n) is 6.61. The van der Waals surface area contributed by atoms with Crippen LogP contribution in [0, 0.1) is 5.82 Å². The molecule has 0 spiro atoms. The monoisotopic (exact) mass is 305 g/mol. The van der Waals surface area contributed by atoms with Crippen molar-refractivity contribution in [2.45, 2.75) is 6.10 Å². The Bertz CT molecular complexity index is 684. The van der Waals surface area contributed by atoms with Crippen molar-refractivity contribution in [1.29, 1.82) is 0 Å². The number of aliphatic hydroxyl groups excluding tert-OH is 1. The highest BCUT2D eigenvalue weighted by molar-refractivity contribution is 6.39. The van der Waals surface area contributed by atoms with Crippen molar-refractivity contribution in [1.82, 2.24) is 9.88 Å². The number of nitrogens with one attached hydrogen (secondary N) is 2. The van der Waals surface area contributed by atoms with Crippen molar-refractivity contribution in [2.75, 3.05) is 11.9 Å². The Labute approximate surface area is 126 Å². The van der Waals surface area contributed by atoms with Gasteiger partial charge in [0.05, 0.1) is 0 Å². The Morgan fingerprint density at radius 1 is 1.27 bits per heavy atom. The number of aliphatic hydroxyl groups is 1. The molecule has 2 rings (SSSR count). The second-order valence-corrected chi connectivity index (χ2v) is 4.73. The van der Waals surface area contributed by atoms with Gasteiger partial charge in [0.1, 0.15) is 11.9 Å². The quantitative estimate of drug-likeness (QED) is 0.736. The maximum atomic E-state index is 13.0. The van der Waals surface area contributed by atoms with E-state index < -0.39 is 23.7 Å². The fourth-order valence-electron chi connectivity index (χ4n) is 1.95. The average Bonchev–Trinajstić information content (AvgIpc) is 2.90. The summed E-state index contributed by atoms with van der Waals surface area (Å²) in [5, 5.41) is 14.5. The Kier molecular flexibility index (Phi) is 4.90. The lowest BCUT2D eigenvalue weighted by atomic mass is 10.2. The minimum absolute atomic E-state index is 0.104. The first-order chi connectivity index (χ1) is 10.5. The molecule has 7 heteroatoms. The van der Waals surface area contributed by atoms with Crippen LogP contribution in [-0.2, 0) is 16.6 Å². The van der Waals surface area contributed by atoms with E-state index in [9.17, 15) is 19.1 Å². The zero-order valence-corrected chi connectivity index (χ0v) is 11.9. The number of carbonyl (C=O) groups is 2. The number of hydrogen-bond donors (Lipinski definition) is 3. The minimum Gasteiger partial charge on any atom is -0.385 e. The molecule has 0 fully saturated rings. The molecule has 0 radical (unpaired) electrons. The fourth-order valence-corrected chi connectivity index (χ4v) is 1.95. The van der Waals surface area contributed by atoms with Crippen LogP contribution in [0.5, 0.6) is 0 Å². The van der Waals surface area contributed by atoms with E-state index in [1.54, 1.807) is 29.9 Å². The third kappa shape index (κ3) is 3.92. The van der Waals surface area contributed by atoms with E-state index in [0.717, 1.165) is 6.07 Å². The van der Waals surface area contributed by atoms with Gasteiger partial charge >= 0.3 is 11.8 Å². The number of nitrogens with zero attached hydrogens (tertiary/aromatic N) is 1. The molecular weight excluding hydrogens is 289 g/mol. The van der Waals surface area contributed by atoms with Crippen molar-refractivity contribution in [3.63, 3.8) is 0 Å². The number of aryl methyl sites for hydroxylation is 1. The molecule has 0 saturated carbocycles. The Balaban J connectivity index is 1.87. The van der Waals surface area contributed by atoms with Crippen LogP contribution in [0.25, 0.3) is 0 Å². The largest absolute Gasteiger partial charge is 0.385 e. The van der Waals surface area contributed by atoms with Gasteiger partial charge in [-0.2, -0.15) is 0 Å². The molecule has 3 N–H and O–H groups in total. The maximum absolute atomic E-state index is 13.0. The van der Waals surface area contributed by atoms with Crippen LogP contribution in [0.15, 0.2) is 42.6 Å². The summed E-state index contributed by atoms with van der Waals surface area (Å²) in [5.41, 5.74) is 0.800. The third-order valence-electron chi connectivity index (χ3n) is 3.07. The maximum Gasteiger partial charge on any atom is 0.313 e. The summed E-state index contributed by atoms with van der Waals surface area (Å²) in [4.78, 5) is 23.3. The van der Waals surface area contributed by atoms with Crippen molar-refractivity contribution < 1.29 is 19.1 Å². The number of benzene rings is 1. The summed E-state index contributed by atoms with van der Waals surface area (Å²) in [6.45, 7) is -0.104. The van der Waals surface area contributed by atoms with E-state index in [0.29, 0.717) is 5.69 Å². The zero-order chi connectivity index (χ0) is 16.1. The van der Waals surface area contributed by atoms with E-state index in [2.05, 4.69) is 10.6 Å². The second kappa shape index (κ2) is 6.86. The van der Waals surface area contributed by atoms with E-state index >= 15 is 0 Å². The number of hydrogen-bond acceptors (Lipinski definition) is 3. The summed E-state index contributed by atoms with van der Waals surface area (Å²) < 4.78 is 14.7. The van der Waals surface area contributed by atoms with Crippen LogP contribution in [-0.4, -0.2) is 28.0 Å².